The minimum atomic E-state index is -0.0637. The second kappa shape index (κ2) is 8.39. The molecule has 6 heteroatoms. The summed E-state index contributed by atoms with van der Waals surface area (Å²) in [5.41, 5.74) is 2.59. The third kappa shape index (κ3) is 5.12. The monoisotopic (exact) mass is 353 g/mol. The third-order valence-corrected chi connectivity index (χ3v) is 4.42. The zero-order valence-corrected chi connectivity index (χ0v) is 14.8. The van der Waals surface area contributed by atoms with Gasteiger partial charge in [-0.2, -0.15) is 0 Å². The highest BCUT2D eigenvalue weighted by Gasteiger charge is 2.06. The molecule has 0 atom stereocenters. The van der Waals surface area contributed by atoms with Gasteiger partial charge in [-0.15, -0.1) is 11.3 Å². The summed E-state index contributed by atoms with van der Waals surface area (Å²) in [4.78, 5) is 20.7. The van der Waals surface area contributed by atoms with E-state index in [1.54, 1.807) is 29.7 Å². The molecular weight excluding hydrogens is 334 g/mol. The summed E-state index contributed by atoms with van der Waals surface area (Å²) in [6.07, 6.45) is 2.41. The maximum atomic E-state index is 12.0. The summed E-state index contributed by atoms with van der Waals surface area (Å²) in [7, 11) is 0. The number of rotatable bonds is 7. The van der Waals surface area contributed by atoms with Gasteiger partial charge in [-0.3, -0.25) is 9.78 Å². The molecule has 3 rings (SSSR count). The lowest BCUT2D eigenvalue weighted by Gasteiger charge is -2.04. The zero-order valence-electron chi connectivity index (χ0n) is 13.9. The van der Waals surface area contributed by atoms with Crippen LogP contribution in [-0.4, -0.2) is 22.4 Å². The fraction of sp³-hybridized carbons (Fsp3) is 0.211. The summed E-state index contributed by atoms with van der Waals surface area (Å²) in [6.45, 7) is 2.92. The molecule has 2 heterocycles. The second-order valence-electron chi connectivity index (χ2n) is 5.53. The largest absolute Gasteiger partial charge is 0.485 e. The van der Waals surface area contributed by atoms with Crippen LogP contribution in [0.25, 0.3) is 0 Å². The molecule has 1 amide bonds. The summed E-state index contributed by atoms with van der Waals surface area (Å²) >= 11 is 1.56. The van der Waals surface area contributed by atoms with Crippen molar-refractivity contribution in [1.82, 2.24) is 15.3 Å². The molecule has 2 aromatic heterocycles. The predicted octanol–water partition coefficient (Wildman–Crippen LogP) is 3.40. The molecule has 3 aromatic rings. The number of aryl methyl sites for hydroxylation is 1. The first kappa shape index (κ1) is 17.1. The summed E-state index contributed by atoms with van der Waals surface area (Å²) in [5, 5.41) is 5.81. The van der Waals surface area contributed by atoms with Crippen molar-refractivity contribution in [2.45, 2.75) is 20.0 Å². The average Bonchev–Trinajstić information content (AvgIpc) is 3.10. The first-order valence-corrected chi connectivity index (χ1v) is 8.90. The molecule has 0 fully saturated rings. The van der Waals surface area contributed by atoms with Gasteiger partial charge in [-0.25, -0.2) is 4.98 Å². The Kier molecular flexibility index (Phi) is 5.74. The molecule has 0 unspecified atom stereocenters. The standard InChI is InChI=1S/C19H19N3O2S/c1-14-7-8-17(11-21-14)24-12-18-22-16(13-25-18)9-10-20-19(23)15-5-3-2-4-6-15/h2-8,11,13H,9-10,12H2,1H3,(H,20,23). The topological polar surface area (TPSA) is 64.1 Å². The predicted molar refractivity (Wildman–Crippen MR) is 97.9 cm³/mol. The number of nitrogens with zero attached hydrogens (tertiary/aromatic N) is 2. The average molecular weight is 353 g/mol. The fourth-order valence-corrected chi connectivity index (χ4v) is 2.95. The summed E-state index contributed by atoms with van der Waals surface area (Å²) < 4.78 is 5.68. The van der Waals surface area contributed by atoms with Crippen molar-refractivity contribution in [2.75, 3.05) is 6.54 Å². The minimum Gasteiger partial charge on any atom is -0.485 e. The molecule has 0 aliphatic carbocycles. The number of pyridine rings is 1. The summed E-state index contributed by atoms with van der Waals surface area (Å²) in [6, 6.07) is 13.0. The van der Waals surface area contributed by atoms with E-state index >= 15 is 0 Å². The molecular formula is C19H19N3O2S. The highest BCUT2D eigenvalue weighted by molar-refractivity contribution is 7.09. The quantitative estimate of drug-likeness (QED) is 0.707. The maximum absolute atomic E-state index is 12.0. The van der Waals surface area contributed by atoms with Crippen molar-refractivity contribution in [3.63, 3.8) is 0 Å². The van der Waals surface area contributed by atoms with Gasteiger partial charge >= 0.3 is 0 Å². The Hall–Kier alpha value is -2.73. The van der Waals surface area contributed by atoms with Gasteiger partial charge in [-0.05, 0) is 31.2 Å². The van der Waals surface area contributed by atoms with E-state index in [-0.39, 0.29) is 5.91 Å². The Labute approximate surface area is 150 Å². The summed E-state index contributed by atoms with van der Waals surface area (Å²) in [5.74, 6) is 0.670. The Morgan fingerprint density at radius 3 is 2.80 bits per heavy atom. The number of amides is 1. The molecule has 0 radical (unpaired) electrons. The zero-order chi connectivity index (χ0) is 17.5. The van der Waals surface area contributed by atoms with E-state index in [1.165, 1.54) is 0 Å². The molecule has 0 saturated heterocycles. The van der Waals surface area contributed by atoms with Gasteiger partial charge in [0.1, 0.15) is 17.4 Å². The van der Waals surface area contributed by atoms with Crippen LogP contribution in [0.5, 0.6) is 5.75 Å². The van der Waals surface area contributed by atoms with Crippen LogP contribution in [0.15, 0.2) is 54.0 Å². The smallest absolute Gasteiger partial charge is 0.251 e. The molecule has 0 aliphatic rings. The van der Waals surface area contributed by atoms with Crippen LogP contribution in [0.1, 0.15) is 26.8 Å². The lowest BCUT2D eigenvalue weighted by Crippen LogP contribution is -2.25. The van der Waals surface area contributed by atoms with Crippen LogP contribution in [0.4, 0.5) is 0 Å². The molecule has 0 bridgehead atoms. The highest BCUT2D eigenvalue weighted by Crippen LogP contribution is 2.15. The number of benzene rings is 1. The number of thiazole rings is 1. The lowest BCUT2D eigenvalue weighted by molar-refractivity contribution is 0.0954. The number of aromatic nitrogens is 2. The van der Waals surface area contributed by atoms with E-state index in [2.05, 4.69) is 15.3 Å². The van der Waals surface area contributed by atoms with Crippen molar-refractivity contribution in [3.8, 4) is 5.75 Å². The van der Waals surface area contributed by atoms with Gasteiger partial charge in [0, 0.05) is 29.6 Å². The molecule has 1 aromatic carbocycles. The molecule has 1 N–H and O–H groups in total. The second-order valence-corrected chi connectivity index (χ2v) is 6.47. The molecule has 0 saturated carbocycles. The number of hydrogen-bond acceptors (Lipinski definition) is 5. The first-order valence-electron chi connectivity index (χ1n) is 8.03. The number of carbonyl (C=O) groups is 1. The van der Waals surface area contributed by atoms with Crippen LogP contribution in [-0.2, 0) is 13.0 Å². The Bertz CT molecular complexity index is 816. The SMILES string of the molecule is Cc1ccc(OCc2nc(CCNC(=O)c3ccccc3)cs2)cn1. The van der Waals surface area contributed by atoms with E-state index in [4.69, 9.17) is 4.74 Å². The normalized spacial score (nSPS) is 10.4. The molecule has 128 valence electrons. The molecule has 0 spiro atoms. The van der Waals surface area contributed by atoms with Crippen molar-refractivity contribution in [3.05, 3.63) is 76.0 Å². The van der Waals surface area contributed by atoms with Gasteiger partial charge in [0.05, 0.1) is 11.9 Å². The van der Waals surface area contributed by atoms with Gasteiger partial charge in [0.2, 0.25) is 0 Å². The van der Waals surface area contributed by atoms with Crippen molar-refractivity contribution >= 4 is 17.2 Å². The van der Waals surface area contributed by atoms with Crippen LogP contribution in [0.2, 0.25) is 0 Å². The van der Waals surface area contributed by atoms with E-state index < -0.39 is 0 Å². The number of ether oxygens (including phenoxy) is 1. The van der Waals surface area contributed by atoms with Crippen molar-refractivity contribution < 1.29 is 9.53 Å². The van der Waals surface area contributed by atoms with Gasteiger partial charge in [0.15, 0.2) is 0 Å². The van der Waals surface area contributed by atoms with E-state index in [0.717, 1.165) is 22.1 Å². The molecule has 25 heavy (non-hydrogen) atoms. The highest BCUT2D eigenvalue weighted by atomic mass is 32.1. The Balaban J connectivity index is 1.44. The van der Waals surface area contributed by atoms with Crippen LogP contribution in [0.3, 0.4) is 0 Å². The fourth-order valence-electron chi connectivity index (χ4n) is 2.21. The third-order valence-electron chi connectivity index (χ3n) is 3.55. The van der Waals surface area contributed by atoms with E-state index in [1.807, 2.05) is 42.6 Å². The van der Waals surface area contributed by atoms with Crippen LogP contribution in [0, 0.1) is 6.92 Å². The maximum Gasteiger partial charge on any atom is 0.251 e. The van der Waals surface area contributed by atoms with Crippen LogP contribution < -0.4 is 10.1 Å². The number of carbonyl (C=O) groups excluding carboxylic acids is 1. The molecule has 0 aliphatic heterocycles. The van der Waals surface area contributed by atoms with Crippen molar-refractivity contribution in [1.29, 1.82) is 0 Å². The van der Waals surface area contributed by atoms with E-state index in [9.17, 15) is 4.79 Å². The number of hydrogen-bond donors (Lipinski definition) is 1. The van der Waals surface area contributed by atoms with Gasteiger partial charge in [0.25, 0.3) is 5.91 Å². The first-order chi connectivity index (χ1) is 12.2. The van der Waals surface area contributed by atoms with Gasteiger partial charge < -0.3 is 10.1 Å². The Morgan fingerprint density at radius 1 is 1.20 bits per heavy atom. The van der Waals surface area contributed by atoms with Crippen molar-refractivity contribution in [2.24, 2.45) is 0 Å². The van der Waals surface area contributed by atoms with Gasteiger partial charge in [-0.1, -0.05) is 18.2 Å². The lowest BCUT2D eigenvalue weighted by atomic mass is 10.2. The Morgan fingerprint density at radius 2 is 2.04 bits per heavy atom. The van der Waals surface area contributed by atoms with Crippen LogP contribution >= 0.6 is 11.3 Å². The minimum absolute atomic E-state index is 0.0637. The number of nitrogens with one attached hydrogen (secondary N) is 1. The van der Waals surface area contributed by atoms with E-state index in [0.29, 0.717) is 25.1 Å². The molecule has 5 nitrogen and oxygen atoms in total.